The van der Waals surface area contributed by atoms with Crippen molar-refractivity contribution in [2.75, 3.05) is 6.61 Å². The van der Waals surface area contributed by atoms with Crippen molar-refractivity contribution < 1.29 is 14.3 Å². The Bertz CT molecular complexity index is 1070. The second-order valence-electron chi connectivity index (χ2n) is 5.58. The average molecular weight is 445 g/mol. The first kappa shape index (κ1) is 19.3. The first-order chi connectivity index (χ1) is 13.1. The molecule has 1 heterocycles. The molecule has 0 spiro atoms. The molecule has 27 heavy (non-hydrogen) atoms. The number of halogens is 1. The van der Waals surface area contributed by atoms with E-state index in [1.165, 1.54) is 17.4 Å². The normalized spacial score (nSPS) is 12.0. The zero-order chi connectivity index (χ0) is 19.2. The molecule has 1 aromatic heterocycles. The number of aromatic nitrogens is 1. The van der Waals surface area contributed by atoms with Crippen LogP contribution in [-0.4, -0.2) is 23.1 Å². The van der Waals surface area contributed by atoms with Gasteiger partial charge in [0, 0.05) is 10.5 Å². The van der Waals surface area contributed by atoms with Crippen molar-refractivity contribution in [2.45, 2.75) is 13.5 Å². The number of esters is 1. The van der Waals surface area contributed by atoms with Crippen LogP contribution in [0, 0.1) is 0 Å². The summed E-state index contributed by atoms with van der Waals surface area (Å²) in [6.45, 7) is 2.07. The van der Waals surface area contributed by atoms with E-state index in [2.05, 4.69) is 20.9 Å². The highest BCUT2D eigenvalue weighted by Crippen LogP contribution is 2.22. The lowest BCUT2D eigenvalue weighted by atomic mass is 10.2. The van der Waals surface area contributed by atoms with Crippen LogP contribution in [0.3, 0.4) is 0 Å². The minimum Gasteiger partial charge on any atom is -0.465 e. The molecule has 0 atom stereocenters. The molecule has 1 amide bonds. The van der Waals surface area contributed by atoms with Crippen molar-refractivity contribution in [2.24, 2.45) is 4.99 Å². The summed E-state index contributed by atoms with van der Waals surface area (Å²) in [5, 5.41) is 0. The smallest absolute Gasteiger partial charge is 0.326 e. The Labute approximate surface area is 168 Å². The lowest BCUT2D eigenvalue weighted by Crippen LogP contribution is -2.22. The van der Waals surface area contributed by atoms with E-state index in [-0.39, 0.29) is 18.4 Å². The quantitative estimate of drug-likeness (QED) is 0.438. The monoisotopic (exact) mass is 444 g/mol. The van der Waals surface area contributed by atoms with Crippen LogP contribution in [0.5, 0.6) is 0 Å². The number of carbonyl (C=O) groups is 2. The molecule has 138 valence electrons. The van der Waals surface area contributed by atoms with Gasteiger partial charge in [-0.3, -0.25) is 9.59 Å². The van der Waals surface area contributed by atoms with E-state index in [0.717, 1.165) is 20.3 Å². The van der Waals surface area contributed by atoms with E-state index >= 15 is 0 Å². The molecule has 0 bridgehead atoms. The van der Waals surface area contributed by atoms with Gasteiger partial charge in [0.1, 0.15) is 6.54 Å². The van der Waals surface area contributed by atoms with E-state index in [1.807, 2.05) is 48.5 Å². The van der Waals surface area contributed by atoms with Crippen molar-refractivity contribution in [3.8, 4) is 0 Å². The summed E-state index contributed by atoms with van der Waals surface area (Å²) >= 11 is 4.79. The summed E-state index contributed by atoms with van der Waals surface area (Å²) in [5.74, 6) is -0.754. The van der Waals surface area contributed by atoms with Crippen LogP contribution in [0.15, 0.2) is 64.1 Å². The highest BCUT2D eigenvalue weighted by molar-refractivity contribution is 9.10. The number of fused-ring (bicyclic) bond motifs is 1. The van der Waals surface area contributed by atoms with E-state index in [9.17, 15) is 9.59 Å². The molecule has 0 N–H and O–H groups in total. The molecule has 7 heteroatoms. The molecule has 0 saturated heterocycles. The lowest BCUT2D eigenvalue weighted by Gasteiger charge is -2.04. The molecule has 3 aromatic rings. The van der Waals surface area contributed by atoms with Crippen molar-refractivity contribution in [3.05, 3.63) is 69.4 Å². The fraction of sp³-hybridized carbons (Fsp3) is 0.150. The van der Waals surface area contributed by atoms with Crippen molar-refractivity contribution in [1.82, 2.24) is 4.57 Å². The fourth-order valence-electron chi connectivity index (χ4n) is 2.48. The molecule has 2 aromatic carbocycles. The maximum absolute atomic E-state index is 12.3. The van der Waals surface area contributed by atoms with Crippen LogP contribution in [0.25, 0.3) is 16.3 Å². The third-order valence-electron chi connectivity index (χ3n) is 3.66. The number of amides is 1. The SMILES string of the molecule is CCOC(=O)Cn1c(=NC(=O)C=Cc2ccccc2)sc2cc(Br)ccc21. The topological polar surface area (TPSA) is 60.7 Å². The Morgan fingerprint density at radius 3 is 2.74 bits per heavy atom. The number of hydrogen-bond donors (Lipinski definition) is 0. The first-order valence-corrected chi connectivity index (χ1v) is 9.94. The van der Waals surface area contributed by atoms with Gasteiger partial charge in [-0.05, 0) is 36.8 Å². The average Bonchev–Trinajstić information content (AvgIpc) is 2.97. The fourth-order valence-corrected chi connectivity index (χ4v) is 4.07. The highest BCUT2D eigenvalue weighted by atomic mass is 79.9. The Morgan fingerprint density at radius 2 is 2.00 bits per heavy atom. The van der Waals surface area contributed by atoms with Crippen molar-refractivity contribution >= 4 is 55.4 Å². The first-order valence-electron chi connectivity index (χ1n) is 8.33. The molecular weight excluding hydrogens is 428 g/mol. The molecule has 0 saturated carbocycles. The molecule has 0 fully saturated rings. The maximum Gasteiger partial charge on any atom is 0.326 e. The minimum absolute atomic E-state index is 0.00395. The molecule has 0 unspecified atom stereocenters. The number of thiazole rings is 1. The summed E-state index contributed by atoms with van der Waals surface area (Å²) in [6, 6.07) is 15.2. The van der Waals surface area contributed by atoms with E-state index in [4.69, 9.17) is 4.74 Å². The van der Waals surface area contributed by atoms with E-state index in [1.54, 1.807) is 17.6 Å². The third kappa shape index (κ3) is 5.02. The van der Waals surface area contributed by atoms with Crippen LogP contribution < -0.4 is 4.80 Å². The van der Waals surface area contributed by atoms with E-state index < -0.39 is 0 Å². The Kier molecular flexibility index (Phi) is 6.36. The van der Waals surface area contributed by atoms with Gasteiger partial charge in [0.15, 0.2) is 4.80 Å². The zero-order valence-corrected chi connectivity index (χ0v) is 17.0. The van der Waals surface area contributed by atoms with Gasteiger partial charge in [-0.2, -0.15) is 4.99 Å². The number of benzene rings is 2. The van der Waals surface area contributed by atoms with Gasteiger partial charge >= 0.3 is 5.97 Å². The number of carbonyl (C=O) groups excluding carboxylic acids is 2. The Hall–Kier alpha value is -2.51. The lowest BCUT2D eigenvalue weighted by molar-refractivity contribution is -0.143. The molecule has 0 aliphatic rings. The highest BCUT2D eigenvalue weighted by Gasteiger charge is 2.12. The van der Waals surface area contributed by atoms with Crippen LogP contribution in [0.4, 0.5) is 0 Å². The number of ether oxygens (including phenoxy) is 1. The number of nitrogens with zero attached hydrogens (tertiary/aromatic N) is 2. The van der Waals surface area contributed by atoms with Crippen LogP contribution in [0.1, 0.15) is 12.5 Å². The largest absolute Gasteiger partial charge is 0.465 e. The summed E-state index contributed by atoms with van der Waals surface area (Å²) in [4.78, 5) is 28.9. The number of rotatable bonds is 5. The molecule has 0 aliphatic carbocycles. The minimum atomic E-state index is -0.387. The second kappa shape index (κ2) is 8.92. The van der Waals surface area contributed by atoms with Gasteiger partial charge in [-0.1, -0.05) is 57.6 Å². The zero-order valence-electron chi connectivity index (χ0n) is 14.6. The predicted octanol–water partition coefficient (Wildman–Crippen LogP) is 4.17. The number of hydrogen-bond acceptors (Lipinski definition) is 4. The third-order valence-corrected chi connectivity index (χ3v) is 5.20. The Balaban J connectivity index is 1.98. The molecular formula is C20H17BrN2O3S. The molecule has 5 nitrogen and oxygen atoms in total. The second-order valence-corrected chi connectivity index (χ2v) is 7.51. The summed E-state index contributed by atoms with van der Waals surface area (Å²) in [6.07, 6.45) is 3.13. The van der Waals surface area contributed by atoms with Gasteiger partial charge in [-0.25, -0.2) is 0 Å². The van der Waals surface area contributed by atoms with Crippen LogP contribution >= 0.6 is 27.3 Å². The molecule has 3 rings (SSSR count). The van der Waals surface area contributed by atoms with Gasteiger partial charge in [0.05, 0.1) is 16.8 Å². The standard InChI is InChI=1S/C20H17BrN2O3S/c1-2-26-19(25)13-23-16-10-9-15(21)12-17(16)27-20(23)22-18(24)11-8-14-6-4-3-5-7-14/h3-12H,2,13H2,1H3. The van der Waals surface area contributed by atoms with Gasteiger partial charge < -0.3 is 9.30 Å². The summed E-state index contributed by atoms with van der Waals surface area (Å²) in [7, 11) is 0. The molecule has 0 radical (unpaired) electrons. The van der Waals surface area contributed by atoms with Gasteiger partial charge in [-0.15, -0.1) is 0 Å². The summed E-state index contributed by atoms with van der Waals surface area (Å²) < 4.78 is 8.60. The van der Waals surface area contributed by atoms with E-state index in [0.29, 0.717) is 11.4 Å². The van der Waals surface area contributed by atoms with Gasteiger partial charge in [0.25, 0.3) is 5.91 Å². The van der Waals surface area contributed by atoms with Gasteiger partial charge in [0.2, 0.25) is 0 Å². The predicted molar refractivity (Wildman–Crippen MR) is 110 cm³/mol. The van der Waals surface area contributed by atoms with Crippen LogP contribution in [0.2, 0.25) is 0 Å². The maximum atomic E-state index is 12.3. The van der Waals surface area contributed by atoms with Crippen molar-refractivity contribution in [3.63, 3.8) is 0 Å². The molecule has 0 aliphatic heterocycles. The Morgan fingerprint density at radius 1 is 1.22 bits per heavy atom. The van der Waals surface area contributed by atoms with Crippen molar-refractivity contribution in [1.29, 1.82) is 0 Å². The summed E-state index contributed by atoms with van der Waals surface area (Å²) in [5.41, 5.74) is 1.75. The van der Waals surface area contributed by atoms with Crippen LogP contribution in [-0.2, 0) is 20.9 Å².